The predicted molar refractivity (Wildman–Crippen MR) is 165 cm³/mol. The summed E-state index contributed by atoms with van der Waals surface area (Å²) in [6, 6.07) is 16.5. The van der Waals surface area contributed by atoms with Gasteiger partial charge in [-0.05, 0) is 85.8 Å². The normalized spacial score (nSPS) is 29.0. The number of hydrazine groups is 1. The Balaban J connectivity index is 1.48. The maximum atomic E-state index is 15.0. The highest BCUT2D eigenvalue weighted by molar-refractivity contribution is 6.31. The molecule has 11 heteroatoms. The van der Waals surface area contributed by atoms with Gasteiger partial charge in [0.05, 0.1) is 28.9 Å². The molecule has 2 aliphatic carbocycles. The van der Waals surface area contributed by atoms with Gasteiger partial charge in [0.15, 0.2) is 0 Å². The lowest BCUT2D eigenvalue weighted by atomic mass is 9.49. The molecule has 2 N–H and O–H groups in total. The van der Waals surface area contributed by atoms with E-state index in [1.165, 1.54) is 41.3 Å². The third-order valence-corrected chi connectivity index (χ3v) is 10.5. The summed E-state index contributed by atoms with van der Waals surface area (Å²) in [5, 5.41) is 13.0. The zero-order valence-electron chi connectivity index (χ0n) is 24.0. The third-order valence-electron chi connectivity index (χ3n) is 9.96. The molecule has 2 saturated heterocycles. The largest absolute Gasteiger partial charge is 0.508 e. The number of halogens is 3. The lowest BCUT2D eigenvalue weighted by Gasteiger charge is -2.50. The van der Waals surface area contributed by atoms with Gasteiger partial charge in [-0.25, -0.2) is 4.39 Å². The number of imide groups is 2. The van der Waals surface area contributed by atoms with Crippen molar-refractivity contribution in [1.29, 1.82) is 0 Å². The minimum atomic E-state index is -1.60. The molecular weight excluding hydrogens is 620 g/mol. The number of benzene rings is 3. The van der Waals surface area contributed by atoms with Gasteiger partial charge in [0.1, 0.15) is 11.6 Å². The number of phenolic OH excluding ortho intramolecular Hbond substituents is 1. The van der Waals surface area contributed by atoms with Gasteiger partial charge in [0.25, 0.3) is 11.8 Å². The van der Waals surface area contributed by atoms with E-state index in [-0.39, 0.29) is 37.0 Å². The Bertz CT molecular complexity index is 1800. The number of likely N-dealkylation sites (tertiary alicyclic amines) is 1. The van der Waals surface area contributed by atoms with Crippen molar-refractivity contribution in [1.82, 2.24) is 9.91 Å². The minimum Gasteiger partial charge on any atom is -0.508 e. The number of allylic oxidation sites excluding steroid dienone is 2. The molecule has 4 amide bonds. The summed E-state index contributed by atoms with van der Waals surface area (Å²) in [5.41, 5.74) is 3.13. The van der Waals surface area contributed by atoms with Crippen LogP contribution in [0, 0.1) is 29.5 Å². The third kappa shape index (κ3) is 4.24. The first kappa shape index (κ1) is 29.5. The van der Waals surface area contributed by atoms with Gasteiger partial charge in [-0.1, -0.05) is 47.0 Å². The predicted octanol–water partition coefficient (Wildman–Crippen LogP) is 5.84. The lowest BCUT2D eigenvalue weighted by Crippen LogP contribution is -2.53. The van der Waals surface area contributed by atoms with E-state index in [2.05, 4.69) is 5.43 Å². The number of rotatable bonds is 5. The van der Waals surface area contributed by atoms with Crippen LogP contribution >= 0.6 is 23.2 Å². The van der Waals surface area contributed by atoms with E-state index in [0.717, 1.165) is 5.01 Å². The van der Waals surface area contributed by atoms with Crippen LogP contribution in [0.15, 0.2) is 78.4 Å². The smallest absolute Gasteiger partial charge is 0.260 e. The summed E-state index contributed by atoms with van der Waals surface area (Å²) in [5.74, 6) is -6.08. The van der Waals surface area contributed by atoms with Crippen LogP contribution in [0.25, 0.3) is 0 Å². The van der Waals surface area contributed by atoms with Crippen molar-refractivity contribution in [3.8, 4) is 5.75 Å². The molecule has 4 aliphatic rings. The molecule has 2 heterocycles. The number of anilines is 1. The molecule has 0 bridgehead atoms. The van der Waals surface area contributed by atoms with Crippen LogP contribution < -0.4 is 5.43 Å². The van der Waals surface area contributed by atoms with E-state index < -0.39 is 52.6 Å². The summed E-state index contributed by atoms with van der Waals surface area (Å²) in [6.07, 6.45) is 2.29. The molecule has 45 heavy (non-hydrogen) atoms. The number of nitrogens with zero attached hydrogens (tertiary/aromatic N) is 2. The van der Waals surface area contributed by atoms with Gasteiger partial charge in [0, 0.05) is 28.1 Å². The highest BCUT2D eigenvalue weighted by Crippen LogP contribution is 2.65. The molecule has 3 aromatic carbocycles. The Morgan fingerprint density at radius 1 is 0.911 bits per heavy atom. The fourth-order valence-electron chi connectivity index (χ4n) is 8.13. The average molecular weight is 649 g/mol. The Morgan fingerprint density at radius 2 is 1.60 bits per heavy atom. The van der Waals surface area contributed by atoms with Crippen molar-refractivity contribution < 1.29 is 28.7 Å². The van der Waals surface area contributed by atoms with Crippen LogP contribution in [-0.2, 0) is 24.6 Å². The summed E-state index contributed by atoms with van der Waals surface area (Å²) in [4.78, 5) is 57.8. The number of phenols is 1. The van der Waals surface area contributed by atoms with Crippen LogP contribution in [0.3, 0.4) is 0 Å². The Labute approximate surface area is 268 Å². The van der Waals surface area contributed by atoms with Crippen molar-refractivity contribution in [3.63, 3.8) is 0 Å². The number of hydrogen-bond acceptors (Lipinski definition) is 6. The summed E-state index contributed by atoms with van der Waals surface area (Å²) < 4.78 is 13.7. The van der Waals surface area contributed by atoms with Gasteiger partial charge >= 0.3 is 0 Å². The Hall–Kier alpha value is -4.21. The zero-order chi connectivity index (χ0) is 31.8. The second kappa shape index (κ2) is 10.7. The SMILES string of the molecule is CCN1C(=O)[C@H]2[C@H](CC=C3[C@H]2C[C@H]2C(=O)N(Nc4ccc(F)cc4)C(=O)[C@@]2(c2ccc(Cl)cc2)[C@H]3c2cc(Cl)ccc2O)C1=O. The fourth-order valence-corrected chi connectivity index (χ4v) is 8.44. The highest BCUT2D eigenvalue weighted by atomic mass is 35.5. The summed E-state index contributed by atoms with van der Waals surface area (Å²) >= 11 is 12.8. The molecule has 0 aromatic heterocycles. The van der Waals surface area contributed by atoms with Crippen molar-refractivity contribution in [3.05, 3.63) is 105 Å². The van der Waals surface area contributed by atoms with Crippen molar-refractivity contribution >= 4 is 52.5 Å². The first-order valence-electron chi connectivity index (χ1n) is 14.8. The first-order valence-corrected chi connectivity index (χ1v) is 15.5. The molecule has 0 radical (unpaired) electrons. The van der Waals surface area contributed by atoms with Crippen LogP contribution in [0.1, 0.15) is 36.8 Å². The summed E-state index contributed by atoms with van der Waals surface area (Å²) in [7, 11) is 0. The maximum Gasteiger partial charge on any atom is 0.260 e. The van der Waals surface area contributed by atoms with E-state index in [1.807, 2.05) is 6.08 Å². The van der Waals surface area contributed by atoms with Crippen LogP contribution in [-0.4, -0.2) is 45.2 Å². The molecule has 7 rings (SSSR count). The molecule has 3 fully saturated rings. The van der Waals surface area contributed by atoms with E-state index in [0.29, 0.717) is 32.4 Å². The van der Waals surface area contributed by atoms with E-state index in [4.69, 9.17) is 23.2 Å². The lowest BCUT2D eigenvalue weighted by molar-refractivity contribution is -0.141. The van der Waals surface area contributed by atoms with Gasteiger partial charge in [-0.3, -0.25) is 29.5 Å². The number of nitrogens with one attached hydrogen (secondary N) is 1. The molecule has 0 unspecified atom stereocenters. The minimum absolute atomic E-state index is 0.107. The number of aromatic hydroxyl groups is 1. The maximum absolute atomic E-state index is 15.0. The molecule has 8 nitrogen and oxygen atoms in total. The number of carbonyl (C=O) groups is 4. The Kier molecular flexibility index (Phi) is 7.02. The van der Waals surface area contributed by atoms with E-state index in [9.17, 15) is 28.7 Å². The van der Waals surface area contributed by atoms with E-state index in [1.54, 1.807) is 37.3 Å². The number of carbonyl (C=O) groups excluding carboxylic acids is 4. The van der Waals surface area contributed by atoms with Crippen LogP contribution in [0.4, 0.5) is 10.1 Å². The highest BCUT2D eigenvalue weighted by Gasteiger charge is 2.70. The molecule has 2 aliphatic heterocycles. The topological polar surface area (TPSA) is 107 Å². The van der Waals surface area contributed by atoms with Crippen LogP contribution in [0.5, 0.6) is 5.75 Å². The van der Waals surface area contributed by atoms with Crippen LogP contribution in [0.2, 0.25) is 10.0 Å². The molecular formula is C34H28Cl2FN3O5. The standard InChI is InChI=1S/C34H28Cl2FN3O5/c1-2-39-30(42)23-13-12-22-24(28(23)32(39)44)16-26-31(43)40(38-21-10-8-20(37)9-11-21)33(45)34(26,17-3-5-18(35)6-4-17)29(22)25-15-19(36)7-14-27(25)41/h3-12,14-15,23-24,26,28-29,38,41H,2,13,16H2,1H3/t23-,24+,26-,28-,29+,34+/m0/s1. The average Bonchev–Trinajstić information content (AvgIpc) is 3.40. The molecule has 3 aromatic rings. The number of amides is 4. The zero-order valence-corrected chi connectivity index (χ0v) is 25.6. The second-order valence-corrected chi connectivity index (χ2v) is 12.9. The fraction of sp³-hybridized carbons (Fsp3) is 0.294. The number of hydrogen-bond donors (Lipinski definition) is 2. The molecule has 0 spiro atoms. The Morgan fingerprint density at radius 3 is 2.29 bits per heavy atom. The van der Waals surface area contributed by atoms with Crippen molar-refractivity contribution in [2.75, 3.05) is 12.0 Å². The monoisotopic (exact) mass is 647 g/mol. The molecule has 230 valence electrons. The van der Waals surface area contributed by atoms with E-state index >= 15 is 0 Å². The van der Waals surface area contributed by atoms with Gasteiger partial charge in [-0.2, -0.15) is 5.01 Å². The molecule has 6 atom stereocenters. The van der Waals surface area contributed by atoms with Gasteiger partial charge < -0.3 is 5.11 Å². The van der Waals surface area contributed by atoms with Gasteiger partial charge in [0.2, 0.25) is 11.8 Å². The molecule has 1 saturated carbocycles. The first-order chi connectivity index (χ1) is 21.6. The van der Waals surface area contributed by atoms with Crippen molar-refractivity contribution in [2.45, 2.75) is 31.1 Å². The quantitative estimate of drug-likeness (QED) is 0.266. The second-order valence-electron chi connectivity index (χ2n) is 12.0. The van der Waals surface area contributed by atoms with Crippen molar-refractivity contribution in [2.24, 2.45) is 23.7 Å². The number of fused-ring (bicyclic) bond motifs is 4. The summed E-state index contributed by atoms with van der Waals surface area (Å²) in [6.45, 7) is 1.98. The van der Waals surface area contributed by atoms with Gasteiger partial charge in [-0.15, -0.1) is 0 Å².